The highest BCUT2D eigenvalue weighted by Crippen LogP contribution is 2.24. The molecule has 2 heterocycles. The van der Waals surface area contributed by atoms with Crippen molar-refractivity contribution in [2.75, 3.05) is 5.73 Å². The number of aromatic nitrogens is 3. The number of pyridine rings is 1. The number of nitrogens with zero attached hydrogens (tertiary/aromatic N) is 3. The molecule has 19 heavy (non-hydrogen) atoms. The smallest absolute Gasteiger partial charge is 0.221 e. The lowest BCUT2D eigenvalue weighted by molar-refractivity contribution is 1.03. The molecule has 1 aliphatic carbocycles. The first kappa shape index (κ1) is 11.6. The van der Waals surface area contributed by atoms with Crippen LogP contribution < -0.4 is 5.73 Å². The zero-order chi connectivity index (χ0) is 13.1. The van der Waals surface area contributed by atoms with Crippen LogP contribution in [-0.4, -0.2) is 15.0 Å². The Kier molecular flexibility index (Phi) is 3.06. The Bertz CT molecular complexity index is 644. The van der Waals surface area contributed by atoms with Crippen molar-refractivity contribution >= 4 is 11.5 Å². The van der Waals surface area contributed by atoms with Crippen molar-refractivity contribution in [2.24, 2.45) is 0 Å². The lowest BCUT2D eigenvalue weighted by Crippen LogP contribution is -2.01. The molecule has 4 nitrogen and oxygen atoms in total. The number of allylic oxidation sites excluding steroid dienone is 4. The van der Waals surface area contributed by atoms with Gasteiger partial charge in [-0.3, -0.25) is 4.98 Å². The van der Waals surface area contributed by atoms with E-state index in [4.69, 9.17) is 5.73 Å². The van der Waals surface area contributed by atoms with E-state index in [9.17, 15) is 0 Å². The fourth-order valence-electron chi connectivity index (χ4n) is 2.09. The molecule has 0 atom stereocenters. The second-order valence-corrected chi connectivity index (χ2v) is 4.37. The van der Waals surface area contributed by atoms with Gasteiger partial charge in [-0.2, -0.15) is 0 Å². The van der Waals surface area contributed by atoms with E-state index >= 15 is 0 Å². The Morgan fingerprint density at radius 1 is 1.00 bits per heavy atom. The minimum Gasteiger partial charge on any atom is -0.368 e. The van der Waals surface area contributed by atoms with Crippen molar-refractivity contribution in [3.63, 3.8) is 0 Å². The molecule has 94 valence electrons. The van der Waals surface area contributed by atoms with Gasteiger partial charge in [0.05, 0.1) is 11.4 Å². The Labute approximate surface area is 111 Å². The number of nitrogen functional groups attached to an aromatic ring is 1. The summed E-state index contributed by atoms with van der Waals surface area (Å²) in [4.78, 5) is 12.6. The minimum atomic E-state index is 0.296. The number of anilines is 1. The SMILES string of the molecule is Nc1nc(C2=CCCC=C2)cc(-c2ccncc2)n1. The molecule has 0 aliphatic heterocycles. The fourth-order valence-corrected chi connectivity index (χ4v) is 2.09. The third-order valence-corrected chi connectivity index (χ3v) is 3.01. The van der Waals surface area contributed by atoms with Gasteiger partial charge < -0.3 is 5.73 Å². The third-order valence-electron chi connectivity index (χ3n) is 3.01. The molecule has 0 saturated heterocycles. The van der Waals surface area contributed by atoms with Crippen molar-refractivity contribution in [3.8, 4) is 11.3 Å². The summed E-state index contributed by atoms with van der Waals surface area (Å²) < 4.78 is 0. The number of nitrogens with two attached hydrogens (primary N) is 1. The second kappa shape index (κ2) is 5.02. The van der Waals surface area contributed by atoms with Crippen LogP contribution in [0.3, 0.4) is 0 Å². The first-order valence-corrected chi connectivity index (χ1v) is 6.25. The van der Waals surface area contributed by atoms with Crippen LogP contribution in [0.25, 0.3) is 16.8 Å². The maximum atomic E-state index is 5.81. The van der Waals surface area contributed by atoms with Gasteiger partial charge in [0.2, 0.25) is 5.95 Å². The molecule has 2 N–H and O–H groups in total. The Morgan fingerprint density at radius 2 is 1.79 bits per heavy atom. The van der Waals surface area contributed by atoms with Gasteiger partial charge in [-0.25, -0.2) is 9.97 Å². The van der Waals surface area contributed by atoms with Crippen molar-refractivity contribution in [3.05, 3.63) is 54.5 Å². The highest BCUT2D eigenvalue weighted by atomic mass is 15.0. The molecule has 0 bridgehead atoms. The van der Waals surface area contributed by atoms with Crippen LogP contribution in [0.1, 0.15) is 18.5 Å². The zero-order valence-electron chi connectivity index (χ0n) is 10.5. The van der Waals surface area contributed by atoms with Crippen molar-refractivity contribution < 1.29 is 0 Å². The highest BCUT2D eigenvalue weighted by Gasteiger charge is 2.08. The molecule has 1 aliphatic rings. The molecule has 0 spiro atoms. The molecule has 4 heteroatoms. The molecule has 0 radical (unpaired) electrons. The molecule has 0 unspecified atom stereocenters. The maximum Gasteiger partial charge on any atom is 0.221 e. The van der Waals surface area contributed by atoms with Crippen LogP contribution in [0.15, 0.2) is 48.8 Å². The summed E-state index contributed by atoms with van der Waals surface area (Å²) in [6.45, 7) is 0. The standard InChI is InChI=1S/C15H14N4/c16-15-18-13(11-4-2-1-3-5-11)10-14(19-15)12-6-8-17-9-7-12/h2,4-10H,1,3H2,(H2,16,18,19). The van der Waals surface area contributed by atoms with E-state index in [-0.39, 0.29) is 0 Å². The minimum absolute atomic E-state index is 0.296. The second-order valence-electron chi connectivity index (χ2n) is 4.37. The molecule has 0 amide bonds. The summed E-state index contributed by atoms with van der Waals surface area (Å²) in [5.74, 6) is 0.296. The van der Waals surface area contributed by atoms with Crippen LogP contribution in [0.2, 0.25) is 0 Å². The Hall–Kier alpha value is -2.49. The van der Waals surface area contributed by atoms with Gasteiger partial charge in [0.25, 0.3) is 0 Å². The third kappa shape index (κ3) is 2.52. The van der Waals surface area contributed by atoms with E-state index in [2.05, 4.69) is 33.2 Å². The van der Waals surface area contributed by atoms with E-state index in [1.165, 1.54) is 0 Å². The average molecular weight is 250 g/mol. The van der Waals surface area contributed by atoms with Crippen molar-refractivity contribution in [2.45, 2.75) is 12.8 Å². The molecule has 0 aromatic carbocycles. The van der Waals surface area contributed by atoms with Crippen LogP contribution in [0.5, 0.6) is 0 Å². The van der Waals surface area contributed by atoms with Gasteiger partial charge in [-0.15, -0.1) is 0 Å². The predicted molar refractivity (Wildman–Crippen MR) is 76.0 cm³/mol. The fraction of sp³-hybridized carbons (Fsp3) is 0.133. The average Bonchev–Trinajstić information content (AvgIpc) is 2.48. The predicted octanol–water partition coefficient (Wildman–Crippen LogP) is 2.85. The van der Waals surface area contributed by atoms with E-state index in [1.54, 1.807) is 12.4 Å². The normalized spacial score (nSPS) is 14.2. The summed E-state index contributed by atoms with van der Waals surface area (Å²) >= 11 is 0. The van der Waals surface area contributed by atoms with Gasteiger partial charge in [-0.1, -0.05) is 18.2 Å². The Balaban J connectivity index is 2.06. The van der Waals surface area contributed by atoms with Crippen LogP contribution in [0, 0.1) is 0 Å². The van der Waals surface area contributed by atoms with Gasteiger partial charge in [-0.05, 0) is 36.6 Å². The largest absolute Gasteiger partial charge is 0.368 e. The maximum absolute atomic E-state index is 5.81. The lowest BCUT2D eigenvalue weighted by Gasteiger charge is -2.09. The van der Waals surface area contributed by atoms with Crippen LogP contribution in [0.4, 0.5) is 5.95 Å². The molecular weight excluding hydrogens is 236 g/mol. The van der Waals surface area contributed by atoms with E-state index in [1.807, 2.05) is 18.2 Å². The van der Waals surface area contributed by atoms with E-state index < -0.39 is 0 Å². The van der Waals surface area contributed by atoms with Gasteiger partial charge in [0.15, 0.2) is 0 Å². The molecule has 0 fully saturated rings. The number of hydrogen-bond acceptors (Lipinski definition) is 4. The van der Waals surface area contributed by atoms with Gasteiger partial charge in [0, 0.05) is 18.0 Å². The summed E-state index contributed by atoms with van der Waals surface area (Å²) in [5, 5.41) is 0. The monoisotopic (exact) mass is 250 g/mol. The van der Waals surface area contributed by atoms with Crippen LogP contribution >= 0.6 is 0 Å². The highest BCUT2D eigenvalue weighted by molar-refractivity contribution is 5.75. The number of hydrogen-bond donors (Lipinski definition) is 1. The van der Waals surface area contributed by atoms with E-state index in [0.717, 1.165) is 35.4 Å². The molecule has 2 aromatic rings. The first-order valence-electron chi connectivity index (χ1n) is 6.25. The Morgan fingerprint density at radius 3 is 2.53 bits per heavy atom. The zero-order valence-corrected chi connectivity index (χ0v) is 10.5. The molecular formula is C15H14N4. The van der Waals surface area contributed by atoms with Gasteiger partial charge in [0.1, 0.15) is 0 Å². The van der Waals surface area contributed by atoms with Crippen LogP contribution in [-0.2, 0) is 0 Å². The lowest BCUT2D eigenvalue weighted by atomic mass is 10.0. The molecule has 2 aromatic heterocycles. The van der Waals surface area contributed by atoms with Crippen molar-refractivity contribution in [1.29, 1.82) is 0 Å². The van der Waals surface area contributed by atoms with Crippen molar-refractivity contribution in [1.82, 2.24) is 15.0 Å². The van der Waals surface area contributed by atoms with Gasteiger partial charge >= 0.3 is 0 Å². The first-order chi connectivity index (χ1) is 9.33. The quantitative estimate of drug-likeness (QED) is 0.890. The summed E-state index contributed by atoms with van der Waals surface area (Å²) in [6, 6.07) is 5.79. The topological polar surface area (TPSA) is 64.7 Å². The number of rotatable bonds is 2. The molecule has 3 rings (SSSR count). The van der Waals surface area contributed by atoms with E-state index in [0.29, 0.717) is 5.95 Å². The summed E-state index contributed by atoms with van der Waals surface area (Å²) in [5.41, 5.74) is 9.61. The molecule has 0 saturated carbocycles. The summed E-state index contributed by atoms with van der Waals surface area (Å²) in [7, 11) is 0. The summed E-state index contributed by atoms with van der Waals surface area (Å²) in [6.07, 6.45) is 12.0.